The molecule has 2 heterocycles. The summed E-state index contributed by atoms with van der Waals surface area (Å²) in [6.07, 6.45) is -5.32. The van der Waals surface area contributed by atoms with E-state index in [4.69, 9.17) is 18.4 Å². The van der Waals surface area contributed by atoms with Crippen LogP contribution in [0.4, 0.5) is 0 Å². The zero-order valence-electron chi connectivity index (χ0n) is 14.2. The van der Waals surface area contributed by atoms with Gasteiger partial charge in [0.25, 0.3) is 10.1 Å². The first kappa shape index (κ1) is 18.7. The summed E-state index contributed by atoms with van der Waals surface area (Å²) >= 11 is 0. The first-order valence-corrected chi connectivity index (χ1v) is 9.34. The Hall–Kier alpha value is -1.07. The summed E-state index contributed by atoms with van der Waals surface area (Å²) in [4.78, 5) is -0.0167. The second kappa shape index (κ2) is 6.58. The number of hydrogen-bond donors (Lipinski definition) is 2. The van der Waals surface area contributed by atoms with Gasteiger partial charge in [0.15, 0.2) is 12.1 Å². The van der Waals surface area contributed by atoms with Crippen LogP contribution in [0.15, 0.2) is 29.2 Å². The van der Waals surface area contributed by atoms with Crippen LogP contribution in [0.5, 0.6) is 0 Å². The third-order valence-corrected chi connectivity index (χ3v) is 5.47. The van der Waals surface area contributed by atoms with Crippen molar-refractivity contribution in [3.05, 3.63) is 29.8 Å². The lowest BCUT2D eigenvalue weighted by atomic mass is 10.1. The lowest BCUT2D eigenvalue weighted by molar-refractivity contribution is -0.225. The van der Waals surface area contributed by atoms with Crippen LogP contribution < -0.4 is 0 Å². The molecule has 1 aromatic rings. The first-order valence-electron chi connectivity index (χ1n) is 7.93. The summed E-state index contributed by atoms with van der Waals surface area (Å²) in [5, 5.41) is 19.2. The van der Waals surface area contributed by atoms with Crippen molar-refractivity contribution in [3.63, 3.8) is 0 Å². The first-order chi connectivity index (χ1) is 11.6. The van der Waals surface area contributed by atoms with Crippen LogP contribution in [-0.2, 0) is 28.5 Å². The molecule has 25 heavy (non-hydrogen) atoms. The predicted molar refractivity (Wildman–Crippen MR) is 85.0 cm³/mol. The molecule has 1 aromatic carbocycles. The molecule has 9 heteroatoms. The van der Waals surface area contributed by atoms with Crippen molar-refractivity contribution in [2.24, 2.45) is 0 Å². The molecule has 2 N–H and O–H groups in total. The van der Waals surface area contributed by atoms with E-state index in [-0.39, 0.29) is 4.90 Å². The fourth-order valence-corrected chi connectivity index (χ4v) is 4.03. The van der Waals surface area contributed by atoms with Crippen LogP contribution in [-0.4, -0.2) is 61.7 Å². The van der Waals surface area contributed by atoms with E-state index in [1.54, 1.807) is 26.0 Å². The van der Waals surface area contributed by atoms with E-state index in [9.17, 15) is 18.6 Å². The molecule has 8 nitrogen and oxygen atoms in total. The molecule has 2 aliphatic rings. The fourth-order valence-electron chi connectivity index (χ4n) is 2.93. The number of benzene rings is 1. The van der Waals surface area contributed by atoms with Gasteiger partial charge in [-0.15, -0.1) is 0 Å². The van der Waals surface area contributed by atoms with E-state index in [1.807, 2.05) is 6.92 Å². The lowest BCUT2D eigenvalue weighted by Gasteiger charge is -2.27. The van der Waals surface area contributed by atoms with Crippen LogP contribution in [0.1, 0.15) is 19.4 Å². The Morgan fingerprint density at radius 1 is 1.24 bits per heavy atom. The van der Waals surface area contributed by atoms with Crippen LogP contribution in [0.25, 0.3) is 0 Å². The largest absolute Gasteiger partial charge is 0.394 e. The van der Waals surface area contributed by atoms with E-state index in [0.29, 0.717) is 0 Å². The number of fused-ring (bicyclic) bond motifs is 1. The second-order valence-corrected chi connectivity index (χ2v) is 8.22. The number of aliphatic hydroxyl groups excluding tert-OH is 2. The summed E-state index contributed by atoms with van der Waals surface area (Å²) in [5.74, 6) is -0.973. The van der Waals surface area contributed by atoms with E-state index < -0.39 is 53.2 Å². The molecule has 0 spiro atoms. The Labute approximate surface area is 146 Å². The molecule has 0 bridgehead atoms. The summed E-state index contributed by atoms with van der Waals surface area (Å²) in [6.45, 7) is 4.55. The smallest absolute Gasteiger partial charge is 0.297 e. The average molecular weight is 374 g/mol. The maximum absolute atomic E-state index is 12.6. The van der Waals surface area contributed by atoms with E-state index in [1.165, 1.54) is 12.1 Å². The molecule has 0 unspecified atom stereocenters. The van der Waals surface area contributed by atoms with Gasteiger partial charge in [0.2, 0.25) is 0 Å². The molecule has 5 atom stereocenters. The molecular weight excluding hydrogens is 352 g/mol. The van der Waals surface area contributed by atoms with Gasteiger partial charge in [-0.1, -0.05) is 17.7 Å². The van der Waals surface area contributed by atoms with Crippen molar-refractivity contribution in [1.29, 1.82) is 0 Å². The van der Waals surface area contributed by atoms with Crippen molar-refractivity contribution >= 4 is 10.1 Å². The van der Waals surface area contributed by atoms with Crippen molar-refractivity contribution in [1.82, 2.24) is 0 Å². The minimum atomic E-state index is -4.12. The SMILES string of the molecule is Cc1ccc(S(=O)(=O)O[C@@H]2[C@H]3OC(C)(C)O[C@H]3O[C@@H]2[C@@H](O)CO)cc1. The Kier molecular flexibility index (Phi) is 4.93. The van der Waals surface area contributed by atoms with Gasteiger partial charge in [0.1, 0.15) is 24.4 Å². The molecule has 0 saturated carbocycles. The molecule has 2 saturated heterocycles. The van der Waals surface area contributed by atoms with Gasteiger partial charge in [0, 0.05) is 0 Å². The topological polar surface area (TPSA) is 112 Å². The van der Waals surface area contributed by atoms with Gasteiger partial charge in [-0.2, -0.15) is 8.42 Å². The van der Waals surface area contributed by atoms with Gasteiger partial charge in [0.05, 0.1) is 11.5 Å². The molecule has 0 aliphatic carbocycles. The van der Waals surface area contributed by atoms with Crippen molar-refractivity contribution < 1.29 is 37.0 Å². The third-order valence-electron chi connectivity index (χ3n) is 4.14. The van der Waals surface area contributed by atoms with E-state index in [0.717, 1.165) is 5.56 Å². The monoisotopic (exact) mass is 374 g/mol. The molecule has 3 rings (SSSR count). The van der Waals surface area contributed by atoms with Crippen LogP contribution in [0.3, 0.4) is 0 Å². The van der Waals surface area contributed by atoms with Gasteiger partial charge >= 0.3 is 0 Å². The molecule has 0 amide bonds. The van der Waals surface area contributed by atoms with Crippen molar-refractivity contribution in [2.75, 3.05) is 6.61 Å². The molecule has 2 fully saturated rings. The number of aliphatic hydroxyl groups is 2. The fraction of sp³-hybridized carbons (Fsp3) is 0.625. The van der Waals surface area contributed by atoms with Crippen LogP contribution in [0.2, 0.25) is 0 Å². The Bertz CT molecular complexity index is 714. The zero-order valence-corrected chi connectivity index (χ0v) is 15.0. The summed E-state index contributed by atoms with van der Waals surface area (Å²) in [7, 11) is -4.12. The Morgan fingerprint density at radius 2 is 1.88 bits per heavy atom. The van der Waals surface area contributed by atoms with Gasteiger partial charge in [-0.25, -0.2) is 0 Å². The zero-order chi connectivity index (χ0) is 18.4. The molecule has 0 aromatic heterocycles. The Balaban J connectivity index is 1.87. The highest BCUT2D eigenvalue weighted by atomic mass is 32.2. The van der Waals surface area contributed by atoms with E-state index >= 15 is 0 Å². The summed E-state index contributed by atoms with van der Waals surface area (Å²) < 4.78 is 47.3. The second-order valence-electron chi connectivity index (χ2n) is 6.65. The standard InChI is InChI=1S/C16H22O8S/c1-9-4-6-10(7-5-9)25(19,20)24-13-12(11(18)8-17)21-15-14(13)22-16(2,3)23-15/h4-7,11-15,17-18H,8H2,1-3H3/t11-,12+,13-,14+,15+/m0/s1. The maximum atomic E-state index is 12.6. The van der Waals surface area contributed by atoms with Gasteiger partial charge < -0.3 is 24.4 Å². The highest BCUT2D eigenvalue weighted by molar-refractivity contribution is 7.86. The highest BCUT2D eigenvalue weighted by Gasteiger charge is 2.58. The highest BCUT2D eigenvalue weighted by Crippen LogP contribution is 2.40. The predicted octanol–water partition coefficient (Wildman–Crippen LogP) is 0.299. The third kappa shape index (κ3) is 3.72. The van der Waals surface area contributed by atoms with Crippen LogP contribution >= 0.6 is 0 Å². The molecular formula is C16H22O8S. The normalized spacial score (nSPS) is 32.5. The maximum Gasteiger partial charge on any atom is 0.297 e. The molecule has 140 valence electrons. The summed E-state index contributed by atoms with van der Waals surface area (Å²) in [6, 6.07) is 6.18. The lowest BCUT2D eigenvalue weighted by Crippen LogP contribution is -2.45. The van der Waals surface area contributed by atoms with Gasteiger partial charge in [-0.3, -0.25) is 4.18 Å². The van der Waals surface area contributed by atoms with Crippen molar-refractivity contribution in [2.45, 2.75) is 62.2 Å². The number of ether oxygens (including phenoxy) is 3. The number of aryl methyl sites for hydroxylation is 1. The minimum Gasteiger partial charge on any atom is -0.394 e. The molecule has 0 radical (unpaired) electrons. The number of rotatable bonds is 5. The van der Waals surface area contributed by atoms with E-state index in [2.05, 4.69) is 0 Å². The Morgan fingerprint density at radius 3 is 2.48 bits per heavy atom. The number of hydrogen-bond acceptors (Lipinski definition) is 8. The minimum absolute atomic E-state index is 0.0167. The quantitative estimate of drug-likeness (QED) is 0.708. The van der Waals surface area contributed by atoms with Crippen LogP contribution in [0, 0.1) is 6.92 Å². The average Bonchev–Trinajstić information content (AvgIpc) is 3.00. The van der Waals surface area contributed by atoms with Gasteiger partial charge in [-0.05, 0) is 32.9 Å². The van der Waals surface area contributed by atoms with Crippen molar-refractivity contribution in [3.8, 4) is 0 Å². The molecule has 2 aliphatic heterocycles. The summed E-state index contributed by atoms with van der Waals surface area (Å²) in [5.41, 5.74) is 0.908.